The lowest BCUT2D eigenvalue weighted by atomic mass is 10.2. The Balaban J connectivity index is 2.99. The number of phenolic OH excluding ortho intramolecular Hbond substituents is 1. The highest BCUT2D eigenvalue weighted by molar-refractivity contribution is 7.92. The van der Waals surface area contributed by atoms with E-state index in [4.69, 9.17) is 5.11 Å². The van der Waals surface area contributed by atoms with Crippen molar-refractivity contribution in [3.05, 3.63) is 23.8 Å². The standard InChI is InChI=1S/C9H13NO3S/c1-3-14(12,13)10-9-5-4-8(11)6-7(9)2/h4-6,10-11H,3H2,1-2H3. The maximum Gasteiger partial charge on any atom is 0.232 e. The van der Waals surface area contributed by atoms with Crippen molar-refractivity contribution < 1.29 is 13.5 Å². The van der Waals surface area contributed by atoms with Gasteiger partial charge in [-0.1, -0.05) is 0 Å². The molecule has 0 aliphatic rings. The average molecular weight is 215 g/mol. The number of hydrogen-bond donors (Lipinski definition) is 2. The number of aromatic hydroxyl groups is 1. The highest BCUT2D eigenvalue weighted by Gasteiger charge is 2.08. The van der Waals surface area contributed by atoms with E-state index in [0.29, 0.717) is 11.3 Å². The molecular formula is C9H13NO3S. The van der Waals surface area contributed by atoms with Crippen molar-refractivity contribution >= 4 is 15.7 Å². The van der Waals surface area contributed by atoms with Crippen molar-refractivity contribution in [2.24, 2.45) is 0 Å². The van der Waals surface area contributed by atoms with Gasteiger partial charge in [-0.3, -0.25) is 4.72 Å². The van der Waals surface area contributed by atoms with Crippen LogP contribution in [0.15, 0.2) is 18.2 Å². The van der Waals surface area contributed by atoms with Gasteiger partial charge in [0.1, 0.15) is 5.75 Å². The van der Waals surface area contributed by atoms with Crippen LogP contribution in [-0.2, 0) is 10.0 Å². The summed E-state index contributed by atoms with van der Waals surface area (Å²) in [6.07, 6.45) is 0. The van der Waals surface area contributed by atoms with Gasteiger partial charge in [-0.2, -0.15) is 0 Å². The van der Waals surface area contributed by atoms with Gasteiger partial charge in [0.05, 0.1) is 11.4 Å². The van der Waals surface area contributed by atoms with E-state index in [1.165, 1.54) is 18.2 Å². The SMILES string of the molecule is CCS(=O)(=O)Nc1ccc(O)cc1C. The second-order valence-electron chi connectivity index (χ2n) is 3.00. The molecule has 0 aliphatic carbocycles. The summed E-state index contributed by atoms with van der Waals surface area (Å²) in [6.45, 7) is 3.30. The summed E-state index contributed by atoms with van der Waals surface area (Å²) in [4.78, 5) is 0. The lowest BCUT2D eigenvalue weighted by molar-refractivity contribution is 0.475. The smallest absolute Gasteiger partial charge is 0.232 e. The molecule has 0 heterocycles. The molecule has 0 bridgehead atoms. The van der Waals surface area contributed by atoms with Crippen molar-refractivity contribution in [2.45, 2.75) is 13.8 Å². The fraction of sp³-hybridized carbons (Fsp3) is 0.333. The van der Waals surface area contributed by atoms with Crippen LogP contribution < -0.4 is 4.72 Å². The number of hydrogen-bond acceptors (Lipinski definition) is 3. The van der Waals surface area contributed by atoms with Crippen LogP contribution in [0.25, 0.3) is 0 Å². The molecule has 2 N–H and O–H groups in total. The number of aryl methyl sites for hydroxylation is 1. The average Bonchev–Trinajstić information content (AvgIpc) is 2.10. The molecule has 4 nitrogen and oxygen atoms in total. The molecule has 0 unspecified atom stereocenters. The normalized spacial score (nSPS) is 11.3. The van der Waals surface area contributed by atoms with E-state index in [-0.39, 0.29) is 11.5 Å². The molecule has 0 amide bonds. The first-order chi connectivity index (χ1) is 6.44. The number of nitrogens with one attached hydrogen (secondary N) is 1. The summed E-state index contributed by atoms with van der Waals surface area (Å²) in [5, 5.41) is 9.12. The minimum absolute atomic E-state index is 0.0350. The van der Waals surface area contributed by atoms with Crippen LogP contribution in [0.4, 0.5) is 5.69 Å². The summed E-state index contributed by atoms with van der Waals surface area (Å²) < 4.78 is 24.9. The second kappa shape index (κ2) is 3.88. The van der Waals surface area contributed by atoms with Crippen molar-refractivity contribution in [1.82, 2.24) is 0 Å². The largest absolute Gasteiger partial charge is 0.508 e. The maximum absolute atomic E-state index is 11.2. The van der Waals surface area contributed by atoms with Crippen LogP contribution in [0.2, 0.25) is 0 Å². The second-order valence-corrected chi connectivity index (χ2v) is 5.02. The van der Waals surface area contributed by atoms with Crippen molar-refractivity contribution in [3.63, 3.8) is 0 Å². The van der Waals surface area contributed by atoms with Gasteiger partial charge in [0, 0.05) is 0 Å². The highest BCUT2D eigenvalue weighted by Crippen LogP contribution is 2.20. The van der Waals surface area contributed by atoms with Gasteiger partial charge in [-0.15, -0.1) is 0 Å². The molecule has 78 valence electrons. The van der Waals surface area contributed by atoms with Gasteiger partial charge in [-0.05, 0) is 37.6 Å². The Morgan fingerprint density at radius 1 is 1.43 bits per heavy atom. The molecule has 0 aromatic heterocycles. The van der Waals surface area contributed by atoms with E-state index in [0.717, 1.165) is 0 Å². The summed E-state index contributed by atoms with van der Waals surface area (Å²) in [6, 6.07) is 4.49. The van der Waals surface area contributed by atoms with Crippen molar-refractivity contribution in [1.29, 1.82) is 0 Å². The van der Waals surface area contributed by atoms with Crippen LogP contribution >= 0.6 is 0 Å². The van der Waals surface area contributed by atoms with E-state index < -0.39 is 10.0 Å². The number of phenols is 1. The molecule has 0 saturated carbocycles. The van der Waals surface area contributed by atoms with Crippen molar-refractivity contribution in [3.8, 4) is 5.75 Å². The molecule has 0 saturated heterocycles. The molecule has 0 aliphatic heterocycles. The van der Waals surface area contributed by atoms with Crippen LogP contribution in [0.5, 0.6) is 5.75 Å². The third-order valence-electron chi connectivity index (χ3n) is 1.86. The Kier molecular flexibility index (Phi) is 3.00. The molecule has 0 spiro atoms. The predicted molar refractivity (Wildman–Crippen MR) is 55.9 cm³/mol. The molecular weight excluding hydrogens is 202 g/mol. The molecule has 0 radical (unpaired) electrons. The van der Waals surface area contributed by atoms with E-state index in [1.54, 1.807) is 13.8 Å². The van der Waals surface area contributed by atoms with Gasteiger partial charge in [0.15, 0.2) is 0 Å². The monoisotopic (exact) mass is 215 g/mol. The quantitative estimate of drug-likeness (QED) is 0.750. The van der Waals surface area contributed by atoms with Crippen LogP contribution in [0, 0.1) is 6.92 Å². The number of anilines is 1. The van der Waals surface area contributed by atoms with Gasteiger partial charge < -0.3 is 5.11 Å². The fourth-order valence-electron chi connectivity index (χ4n) is 1.00. The molecule has 1 aromatic rings. The zero-order chi connectivity index (χ0) is 10.8. The Bertz CT molecular complexity index is 426. The minimum atomic E-state index is -3.24. The Hall–Kier alpha value is -1.23. The first-order valence-corrected chi connectivity index (χ1v) is 5.90. The van der Waals surface area contributed by atoms with Crippen LogP contribution in [0.3, 0.4) is 0 Å². The lowest BCUT2D eigenvalue weighted by Crippen LogP contribution is -2.15. The summed E-state index contributed by atoms with van der Waals surface area (Å²) >= 11 is 0. The number of sulfonamides is 1. The minimum Gasteiger partial charge on any atom is -0.508 e. The molecule has 0 atom stereocenters. The number of rotatable bonds is 3. The summed E-state index contributed by atoms with van der Waals surface area (Å²) in [7, 11) is -3.24. The first kappa shape index (κ1) is 10.8. The lowest BCUT2D eigenvalue weighted by Gasteiger charge is -2.08. The van der Waals surface area contributed by atoms with Gasteiger partial charge >= 0.3 is 0 Å². The highest BCUT2D eigenvalue weighted by atomic mass is 32.2. The molecule has 14 heavy (non-hydrogen) atoms. The molecule has 1 aromatic carbocycles. The van der Waals surface area contributed by atoms with E-state index in [1.807, 2.05) is 0 Å². The van der Waals surface area contributed by atoms with Crippen LogP contribution in [0.1, 0.15) is 12.5 Å². The van der Waals surface area contributed by atoms with E-state index in [2.05, 4.69) is 4.72 Å². The van der Waals surface area contributed by atoms with Crippen molar-refractivity contribution in [2.75, 3.05) is 10.5 Å². The van der Waals surface area contributed by atoms with Gasteiger partial charge in [0.25, 0.3) is 0 Å². The first-order valence-electron chi connectivity index (χ1n) is 4.24. The third-order valence-corrected chi connectivity index (χ3v) is 3.15. The Morgan fingerprint density at radius 2 is 2.07 bits per heavy atom. The summed E-state index contributed by atoms with van der Waals surface area (Å²) in [5.74, 6) is 0.162. The Morgan fingerprint density at radius 3 is 2.57 bits per heavy atom. The number of benzene rings is 1. The van der Waals surface area contributed by atoms with E-state index in [9.17, 15) is 8.42 Å². The van der Waals surface area contributed by atoms with Gasteiger partial charge in [0.2, 0.25) is 10.0 Å². The maximum atomic E-state index is 11.2. The topological polar surface area (TPSA) is 66.4 Å². The van der Waals surface area contributed by atoms with E-state index >= 15 is 0 Å². The predicted octanol–water partition coefficient (Wildman–Crippen LogP) is 1.46. The van der Waals surface area contributed by atoms with Crippen LogP contribution in [-0.4, -0.2) is 19.3 Å². The Labute approximate surface area is 83.6 Å². The zero-order valence-electron chi connectivity index (χ0n) is 8.11. The summed E-state index contributed by atoms with van der Waals surface area (Å²) in [5.41, 5.74) is 1.20. The molecule has 1 rings (SSSR count). The fourth-order valence-corrected chi connectivity index (χ4v) is 1.71. The van der Waals surface area contributed by atoms with Gasteiger partial charge in [-0.25, -0.2) is 8.42 Å². The zero-order valence-corrected chi connectivity index (χ0v) is 8.93. The molecule has 0 fully saturated rings. The molecule has 5 heteroatoms. The third kappa shape index (κ3) is 2.63.